The van der Waals surface area contributed by atoms with Crippen LogP contribution in [0.1, 0.15) is 16.1 Å². The lowest BCUT2D eigenvalue weighted by Gasteiger charge is -2.05. The Bertz CT molecular complexity index is 613. The molecule has 0 fully saturated rings. The van der Waals surface area contributed by atoms with Crippen LogP contribution in [-0.2, 0) is 0 Å². The molecule has 18 heavy (non-hydrogen) atoms. The van der Waals surface area contributed by atoms with E-state index in [9.17, 15) is 4.79 Å². The van der Waals surface area contributed by atoms with Crippen molar-refractivity contribution in [1.82, 2.24) is 5.16 Å². The van der Waals surface area contributed by atoms with E-state index in [1.807, 2.05) is 0 Å². The second-order valence-corrected chi connectivity index (χ2v) is 4.76. The third-order valence-corrected chi connectivity index (χ3v) is 3.13. The predicted octanol–water partition coefficient (Wildman–Crippen LogP) is 4.31. The number of benzene rings is 1. The first kappa shape index (κ1) is 13.2. The largest absolute Gasteiger partial charge is 0.477 e. The lowest BCUT2D eigenvalue weighted by atomic mass is 10.1. The molecule has 94 valence electrons. The number of rotatable bonds is 2. The molecule has 0 aliphatic carbocycles. The van der Waals surface area contributed by atoms with Gasteiger partial charge in [0.1, 0.15) is 17.0 Å². The molecule has 1 aromatic carbocycles. The minimum absolute atomic E-state index is 0.0684. The molecule has 0 saturated carbocycles. The van der Waals surface area contributed by atoms with E-state index in [0.29, 0.717) is 5.02 Å². The van der Waals surface area contributed by atoms with Crippen LogP contribution in [0.2, 0.25) is 15.1 Å². The minimum Gasteiger partial charge on any atom is -0.477 e. The van der Waals surface area contributed by atoms with Crippen molar-refractivity contribution in [2.75, 3.05) is 0 Å². The number of aromatic nitrogens is 1. The average molecular weight is 307 g/mol. The highest BCUT2D eigenvalue weighted by molar-refractivity contribution is 6.41. The lowest BCUT2D eigenvalue weighted by molar-refractivity contribution is 0.0696. The summed E-state index contributed by atoms with van der Waals surface area (Å²) in [6, 6.07) is 2.92. The van der Waals surface area contributed by atoms with Crippen LogP contribution in [0, 0.1) is 6.92 Å². The second kappa shape index (κ2) is 4.80. The van der Waals surface area contributed by atoms with E-state index in [-0.39, 0.29) is 32.6 Å². The number of carboxylic acids is 1. The fourth-order valence-electron chi connectivity index (χ4n) is 1.56. The highest BCUT2D eigenvalue weighted by Crippen LogP contribution is 2.38. The van der Waals surface area contributed by atoms with Crippen molar-refractivity contribution in [1.29, 1.82) is 0 Å². The van der Waals surface area contributed by atoms with Gasteiger partial charge in [0.15, 0.2) is 0 Å². The molecule has 0 saturated heterocycles. The third-order valence-electron chi connectivity index (χ3n) is 2.32. The molecule has 1 N–H and O–H groups in total. The van der Waals surface area contributed by atoms with Crippen molar-refractivity contribution in [2.45, 2.75) is 6.92 Å². The smallest absolute Gasteiger partial charge is 0.341 e. The number of nitrogens with zero attached hydrogens (tertiary/aromatic N) is 1. The van der Waals surface area contributed by atoms with Crippen molar-refractivity contribution in [3.8, 4) is 11.3 Å². The van der Waals surface area contributed by atoms with Crippen molar-refractivity contribution in [3.63, 3.8) is 0 Å². The highest BCUT2D eigenvalue weighted by atomic mass is 35.5. The average Bonchev–Trinajstić information content (AvgIpc) is 2.58. The number of hydrogen-bond donors (Lipinski definition) is 1. The number of aromatic carboxylic acids is 1. The standard InChI is InChI=1S/C11H6Cl3NO3/c1-4-8(11(16)17)10(15-18-4)9-6(13)2-5(12)3-7(9)14/h2-3H,1H3,(H,16,17). The summed E-state index contributed by atoms with van der Waals surface area (Å²) in [4.78, 5) is 11.2. The molecule has 2 rings (SSSR count). The third kappa shape index (κ3) is 2.19. The van der Waals surface area contributed by atoms with Crippen LogP contribution >= 0.6 is 34.8 Å². The minimum atomic E-state index is -1.16. The van der Waals surface area contributed by atoms with Crippen LogP contribution < -0.4 is 0 Å². The fourth-order valence-corrected chi connectivity index (χ4v) is 2.56. The van der Waals surface area contributed by atoms with E-state index in [1.165, 1.54) is 19.1 Å². The summed E-state index contributed by atoms with van der Waals surface area (Å²) < 4.78 is 4.87. The summed E-state index contributed by atoms with van der Waals surface area (Å²) in [5.41, 5.74) is 0.310. The van der Waals surface area contributed by atoms with Gasteiger partial charge < -0.3 is 9.63 Å². The van der Waals surface area contributed by atoms with Gasteiger partial charge in [0.05, 0.1) is 10.0 Å². The van der Waals surface area contributed by atoms with Crippen molar-refractivity contribution < 1.29 is 14.4 Å². The molecule has 0 aliphatic heterocycles. The fraction of sp³-hybridized carbons (Fsp3) is 0.0909. The lowest BCUT2D eigenvalue weighted by Crippen LogP contribution is -1.99. The maximum absolute atomic E-state index is 11.2. The molecule has 7 heteroatoms. The maximum Gasteiger partial charge on any atom is 0.341 e. The Labute approximate surface area is 117 Å². The zero-order chi connectivity index (χ0) is 13.4. The van der Waals surface area contributed by atoms with Gasteiger partial charge in [0.25, 0.3) is 0 Å². The van der Waals surface area contributed by atoms with Gasteiger partial charge in [-0.3, -0.25) is 0 Å². The van der Waals surface area contributed by atoms with Gasteiger partial charge in [0, 0.05) is 10.6 Å². The zero-order valence-corrected chi connectivity index (χ0v) is 11.3. The molecule has 4 nitrogen and oxygen atoms in total. The van der Waals surface area contributed by atoms with Gasteiger partial charge >= 0.3 is 5.97 Å². The number of carbonyl (C=O) groups is 1. The summed E-state index contributed by atoms with van der Waals surface area (Å²) >= 11 is 17.8. The molecule has 2 aromatic rings. The van der Waals surface area contributed by atoms with Gasteiger partial charge in [-0.05, 0) is 19.1 Å². The van der Waals surface area contributed by atoms with E-state index < -0.39 is 5.97 Å². The van der Waals surface area contributed by atoms with Crippen LogP contribution in [0.25, 0.3) is 11.3 Å². The summed E-state index contributed by atoms with van der Waals surface area (Å²) in [5.74, 6) is -0.981. The maximum atomic E-state index is 11.2. The molecular weight excluding hydrogens is 300 g/mol. The van der Waals surface area contributed by atoms with E-state index in [1.54, 1.807) is 0 Å². The van der Waals surface area contributed by atoms with Gasteiger partial charge in [-0.1, -0.05) is 40.0 Å². The summed E-state index contributed by atoms with van der Waals surface area (Å²) in [6.07, 6.45) is 0. The number of aryl methyl sites for hydroxylation is 1. The van der Waals surface area contributed by atoms with Gasteiger partial charge in [-0.2, -0.15) is 0 Å². The molecule has 0 amide bonds. The highest BCUT2D eigenvalue weighted by Gasteiger charge is 2.24. The molecule has 0 aliphatic rings. The van der Waals surface area contributed by atoms with E-state index >= 15 is 0 Å². The van der Waals surface area contributed by atoms with Crippen LogP contribution in [0.5, 0.6) is 0 Å². The normalized spacial score (nSPS) is 10.7. The molecule has 0 bridgehead atoms. The van der Waals surface area contributed by atoms with Gasteiger partial charge in [-0.15, -0.1) is 0 Å². The molecule has 0 atom stereocenters. The predicted molar refractivity (Wildman–Crippen MR) is 68.7 cm³/mol. The first-order chi connectivity index (χ1) is 8.41. The molecule has 0 radical (unpaired) electrons. The zero-order valence-electron chi connectivity index (χ0n) is 9.00. The Morgan fingerprint density at radius 2 is 1.83 bits per heavy atom. The number of halogens is 3. The topological polar surface area (TPSA) is 63.3 Å². The van der Waals surface area contributed by atoms with E-state index in [4.69, 9.17) is 44.4 Å². The molecule has 0 spiro atoms. The Balaban J connectivity index is 2.74. The van der Waals surface area contributed by atoms with Crippen LogP contribution in [-0.4, -0.2) is 16.2 Å². The Morgan fingerprint density at radius 1 is 1.28 bits per heavy atom. The number of carboxylic acid groups (broad SMARTS) is 1. The second-order valence-electron chi connectivity index (χ2n) is 3.51. The van der Waals surface area contributed by atoms with Crippen LogP contribution in [0.3, 0.4) is 0 Å². The first-order valence-corrected chi connectivity index (χ1v) is 5.89. The summed E-state index contributed by atoms with van der Waals surface area (Å²) in [6.45, 7) is 1.50. The first-order valence-electron chi connectivity index (χ1n) is 4.76. The van der Waals surface area contributed by atoms with Crippen LogP contribution in [0.15, 0.2) is 16.7 Å². The van der Waals surface area contributed by atoms with E-state index in [2.05, 4.69) is 5.16 Å². The molecule has 0 unspecified atom stereocenters. The van der Waals surface area contributed by atoms with Crippen LogP contribution in [0.4, 0.5) is 0 Å². The molecular formula is C11H6Cl3NO3. The van der Waals surface area contributed by atoms with E-state index in [0.717, 1.165) is 0 Å². The van der Waals surface area contributed by atoms with Crippen molar-refractivity contribution in [3.05, 3.63) is 38.5 Å². The SMILES string of the molecule is Cc1onc(-c2c(Cl)cc(Cl)cc2Cl)c1C(=O)O. The summed E-state index contributed by atoms with van der Waals surface area (Å²) in [5, 5.41) is 13.6. The molecule has 1 aromatic heterocycles. The van der Waals surface area contributed by atoms with Crippen molar-refractivity contribution >= 4 is 40.8 Å². The van der Waals surface area contributed by atoms with Gasteiger partial charge in [-0.25, -0.2) is 4.79 Å². The Hall–Kier alpha value is -1.23. The number of hydrogen-bond acceptors (Lipinski definition) is 3. The Morgan fingerprint density at radius 3 is 2.33 bits per heavy atom. The monoisotopic (exact) mass is 305 g/mol. The quantitative estimate of drug-likeness (QED) is 0.898. The van der Waals surface area contributed by atoms with Gasteiger partial charge in [0.2, 0.25) is 0 Å². The van der Waals surface area contributed by atoms with Crippen molar-refractivity contribution in [2.24, 2.45) is 0 Å². The summed E-state index contributed by atoms with van der Waals surface area (Å²) in [7, 11) is 0. The Kier molecular flexibility index (Phi) is 3.52. The molecule has 1 heterocycles.